The number of carboxylic acids is 1. The average Bonchev–Trinajstić information content (AvgIpc) is 2.53. The summed E-state index contributed by atoms with van der Waals surface area (Å²) in [6.07, 6.45) is 1.87. The van der Waals surface area contributed by atoms with Crippen molar-refractivity contribution in [2.45, 2.75) is 19.3 Å². The van der Waals surface area contributed by atoms with E-state index in [-0.39, 0.29) is 6.61 Å². The summed E-state index contributed by atoms with van der Waals surface area (Å²) in [5, 5.41) is 9.71. The zero-order valence-electron chi connectivity index (χ0n) is 11.8. The van der Waals surface area contributed by atoms with Crippen molar-refractivity contribution in [2.24, 2.45) is 5.41 Å². The van der Waals surface area contributed by atoms with Crippen molar-refractivity contribution in [1.82, 2.24) is 0 Å². The van der Waals surface area contributed by atoms with Crippen LogP contribution in [-0.4, -0.2) is 17.7 Å². The van der Waals surface area contributed by atoms with Crippen molar-refractivity contribution in [1.29, 1.82) is 0 Å². The summed E-state index contributed by atoms with van der Waals surface area (Å²) in [5.41, 5.74) is 1.32. The summed E-state index contributed by atoms with van der Waals surface area (Å²) in [7, 11) is 0. The van der Waals surface area contributed by atoms with Gasteiger partial charge >= 0.3 is 5.97 Å². The van der Waals surface area contributed by atoms with E-state index < -0.39 is 11.4 Å². The fourth-order valence-electron chi connectivity index (χ4n) is 2.86. The monoisotopic (exact) mass is 282 g/mol. The van der Waals surface area contributed by atoms with E-state index in [9.17, 15) is 9.90 Å². The maximum Gasteiger partial charge on any atom is 0.313 e. The lowest BCUT2D eigenvalue weighted by Gasteiger charge is -2.34. The number of carboxylic acid groups (broad SMARTS) is 1. The summed E-state index contributed by atoms with van der Waals surface area (Å²) in [6.45, 7) is 0.242. The van der Waals surface area contributed by atoms with E-state index in [4.69, 9.17) is 4.74 Å². The summed E-state index contributed by atoms with van der Waals surface area (Å²) >= 11 is 0. The molecule has 0 fully saturated rings. The van der Waals surface area contributed by atoms with Crippen LogP contribution < -0.4 is 4.74 Å². The van der Waals surface area contributed by atoms with Gasteiger partial charge in [-0.3, -0.25) is 4.79 Å². The molecule has 0 spiro atoms. The molecule has 2 aromatic rings. The maximum absolute atomic E-state index is 11.8. The molecule has 1 aliphatic heterocycles. The second-order valence-corrected chi connectivity index (χ2v) is 5.64. The Labute approximate surface area is 124 Å². The summed E-state index contributed by atoms with van der Waals surface area (Å²) in [6, 6.07) is 17.7. The highest BCUT2D eigenvalue weighted by atomic mass is 16.5. The molecular formula is C18H18O3. The number of carbonyl (C=O) groups is 1. The topological polar surface area (TPSA) is 46.5 Å². The molecule has 0 radical (unpaired) electrons. The standard InChI is InChI=1S/C18H18O3/c19-17(20)18(11-10-14-6-2-1-3-7-14)12-15-8-4-5-9-16(15)21-13-18/h1-9H,10-13H2,(H,19,20). The van der Waals surface area contributed by atoms with Crippen LogP contribution >= 0.6 is 0 Å². The molecule has 3 nitrogen and oxygen atoms in total. The number of fused-ring (bicyclic) bond motifs is 1. The molecule has 0 saturated heterocycles. The van der Waals surface area contributed by atoms with Crippen LogP contribution in [-0.2, 0) is 17.6 Å². The summed E-state index contributed by atoms with van der Waals surface area (Å²) < 4.78 is 5.71. The number of aryl methyl sites for hydroxylation is 1. The molecule has 0 bridgehead atoms. The molecule has 1 N–H and O–H groups in total. The van der Waals surface area contributed by atoms with E-state index in [1.807, 2.05) is 54.6 Å². The van der Waals surface area contributed by atoms with Gasteiger partial charge in [0.1, 0.15) is 17.8 Å². The molecule has 108 valence electrons. The van der Waals surface area contributed by atoms with Gasteiger partial charge in [0.15, 0.2) is 0 Å². The highest BCUT2D eigenvalue weighted by Gasteiger charge is 2.42. The van der Waals surface area contributed by atoms with Gasteiger partial charge in [0.05, 0.1) is 0 Å². The van der Waals surface area contributed by atoms with Crippen LogP contribution in [0, 0.1) is 5.41 Å². The normalized spacial score (nSPS) is 20.4. The van der Waals surface area contributed by atoms with Gasteiger partial charge in [0, 0.05) is 0 Å². The Kier molecular flexibility index (Phi) is 3.65. The first-order valence-corrected chi connectivity index (χ1v) is 7.18. The second-order valence-electron chi connectivity index (χ2n) is 5.64. The number of hydrogen-bond acceptors (Lipinski definition) is 2. The van der Waals surface area contributed by atoms with E-state index in [2.05, 4.69) is 0 Å². The Bertz CT molecular complexity index is 636. The first-order chi connectivity index (χ1) is 10.2. The number of benzene rings is 2. The molecule has 0 saturated carbocycles. The van der Waals surface area contributed by atoms with E-state index in [1.165, 1.54) is 0 Å². The Morgan fingerprint density at radius 1 is 1.10 bits per heavy atom. The molecule has 0 aliphatic carbocycles. The smallest absolute Gasteiger partial charge is 0.313 e. The second kappa shape index (κ2) is 5.60. The van der Waals surface area contributed by atoms with Crippen LogP contribution in [0.5, 0.6) is 5.75 Å². The van der Waals surface area contributed by atoms with Crippen molar-refractivity contribution in [3.05, 3.63) is 65.7 Å². The molecule has 1 aliphatic rings. The van der Waals surface area contributed by atoms with Crippen LogP contribution in [0.25, 0.3) is 0 Å². The Balaban J connectivity index is 1.80. The summed E-state index contributed by atoms with van der Waals surface area (Å²) in [5.74, 6) is 0.0435. The number of rotatable bonds is 4. The van der Waals surface area contributed by atoms with Crippen LogP contribution in [0.15, 0.2) is 54.6 Å². The predicted molar refractivity (Wildman–Crippen MR) is 80.5 cm³/mol. The molecule has 1 atom stereocenters. The minimum Gasteiger partial charge on any atom is -0.492 e. The van der Waals surface area contributed by atoms with Crippen molar-refractivity contribution in [3.8, 4) is 5.75 Å². The number of aliphatic carboxylic acids is 1. The molecule has 21 heavy (non-hydrogen) atoms. The quantitative estimate of drug-likeness (QED) is 0.935. The first-order valence-electron chi connectivity index (χ1n) is 7.18. The molecule has 3 rings (SSSR count). The zero-order valence-corrected chi connectivity index (χ0v) is 11.8. The van der Waals surface area contributed by atoms with Gasteiger partial charge in [-0.15, -0.1) is 0 Å². The third-order valence-corrected chi connectivity index (χ3v) is 4.19. The van der Waals surface area contributed by atoms with Gasteiger partial charge in [-0.05, 0) is 36.5 Å². The van der Waals surface area contributed by atoms with E-state index in [0.29, 0.717) is 12.8 Å². The Morgan fingerprint density at radius 3 is 2.57 bits per heavy atom. The maximum atomic E-state index is 11.8. The average molecular weight is 282 g/mol. The molecule has 2 aromatic carbocycles. The van der Waals surface area contributed by atoms with Crippen molar-refractivity contribution < 1.29 is 14.6 Å². The number of para-hydroxylation sites is 1. The van der Waals surface area contributed by atoms with Crippen LogP contribution in [0.3, 0.4) is 0 Å². The van der Waals surface area contributed by atoms with Gasteiger partial charge in [-0.1, -0.05) is 48.5 Å². The number of ether oxygens (including phenoxy) is 1. The third-order valence-electron chi connectivity index (χ3n) is 4.19. The third kappa shape index (κ3) is 2.77. The van der Waals surface area contributed by atoms with Crippen molar-refractivity contribution >= 4 is 5.97 Å². The van der Waals surface area contributed by atoms with Crippen LogP contribution in [0.2, 0.25) is 0 Å². The molecular weight excluding hydrogens is 264 g/mol. The minimum atomic E-state index is -0.829. The van der Waals surface area contributed by atoms with Gasteiger partial charge in [-0.2, -0.15) is 0 Å². The predicted octanol–water partition coefficient (Wildman–Crippen LogP) is 3.33. The fourth-order valence-corrected chi connectivity index (χ4v) is 2.86. The Hall–Kier alpha value is -2.29. The summed E-state index contributed by atoms with van der Waals surface area (Å²) in [4.78, 5) is 11.8. The number of hydrogen-bond donors (Lipinski definition) is 1. The highest BCUT2D eigenvalue weighted by Crippen LogP contribution is 2.38. The van der Waals surface area contributed by atoms with Crippen molar-refractivity contribution in [2.75, 3.05) is 6.61 Å². The van der Waals surface area contributed by atoms with Crippen molar-refractivity contribution in [3.63, 3.8) is 0 Å². The van der Waals surface area contributed by atoms with E-state index >= 15 is 0 Å². The van der Waals surface area contributed by atoms with Gasteiger partial charge in [-0.25, -0.2) is 0 Å². The van der Waals surface area contributed by atoms with E-state index in [1.54, 1.807) is 0 Å². The molecule has 1 heterocycles. The largest absolute Gasteiger partial charge is 0.492 e. The van der Waals surface area contributed by atoms with E-state index in [0.717, 1.165) is 23.3 Å². The lowest BCUT2D eigenvalue weighted by Crippen LogP contribution is -2.42. The molecule has 0 amide bonds. The van der Waals surface area contributed by atoms with Gasteiger partial charge < -0.3 is 9.84 Å². The minimum absolute atomic E-state index is 0.242. The lowest BCUT2D eigenvalue weighted by atomic mass is 9.76. The fraction of sp³-hybridized carbons (Fsp3) is 0.278. The van der Waals surface area contributed by atoms with Crippen LogP contribution in [0.4, 0.5) is 0 Å². The molecule has 3 heteroatoms. The Morgan fingerprint density at radius 2 is 1.81 bits per heavy atom. The molecule has 0 aromatic heterocycles. The zero-order chi connectivity index (χ0) is 14.7. The van der Waals surface area contributed by atoms with Gasteiger partial charge in [0.2, 0.25) is 0 Å². The first kappa shape index (κ1) is 13.7. The van der Waals surface area contributed by atoms with Gasteiger partial charge in [0.25, 0.3) is 0 Å². The SMILES string of the molecule is O=C(O)C1(CCc2ccccc2)COc2ccccc2C1. The van der Waals surface area contributed by atoms with Crippen LogP contribution in [0.1, 0.15) is 17.5 Å². The lowest BCUT2D eigenvalue weighted by molar-refractivity contribution is -0.152. The molecule has 1 unspecified atom stereocenters. The highest BCUT2D eigenvalue weighted by molar-refractivity contribution is 5.76.